The highest BCUT2D eigenvalue weighted by Gasteiger charge is 2.16. The van der Waals surface area contributed by atoms with Crippen LogP contribution in [-0.4, -0.2) is 24.6 Å². The van der Waals surface area contributed by atoms with Crippen molar-refractivity contribution >= 4 is 17.6 Å². The Labute approximate surface area is 139 Å². The van der Waals surface area contributed by atoms with Crippen LogP contribution >= 0.6 is 0 Å². The van der Waals surface area contributed by atoms with Crippen LogP contribution in [0.2, 0.25) is 0 Å². The molecule has 1 amide bonds. The molecule has 2 rings (SSSR count). The number of hydrogen-bond donors (Lipinski definition) is 1. The first kappa shape index (κ1) is 17.5. The maximum absolute atomic E-state index is 12.9. The van der Waals surface area contributed by atoms with E-state index in [2.05, 4.69) is 5.32 Å². The van der Waals surface area contributed by atoms with Gasteiger partial charge in [-0.25, -0.2) is 9.18 Å². The lowest BCUT2D eigenvalue weighted by Crippen LogP contribution is -2.30. The highest BCUT2D eigenvalue weighted by Crippen LogP contribution is 2.17. The largest absolute Gasteiger partial charge is 0.481 e. The van der Waals surface area contributed by atoms with E-state index >= 15 is 0 Å². The van der Waals surface area contributed by atoms with Gasteiger partial charge in [-0.2, -0.15) is 0 Å². The number of hydrogen-bond acceptors (Lipinski definition) is 4. The van der Waals surface area contributed by atoms with Gasteiger partial charge in [-0.05, 0) is 56.3 Å². The van der Waals surface area contributed by atoms with Crippen molar-refractivity contribution in [2.75, 3.05) is 11.9 Å². The molecule has 0 fully saturated rings. The molecule has 0 aliphatic rings. The van der Waals surface area contributed by atoms with Crippen LogP contribution in [0.25, 0.3) is 0 Å². The molecule has 126 valence electrons. The van der Waals surface area contributed by atoms with Gasteiger partial charge in [0.1, 0.15) is 11.6 Å². The van der Waals surface area contributed by atoms with Gasteiger partial charge in [-0.1, -0.05) is 6.07 Å². The Hall–Kier alpha value is -2.89. The van der Waals surface area contributed by atoms with E-state index in [1.807, 2.05) is 0 Å². The average Bonchev–Trinajstić information content (AvgIpc) is 2.57. The summed E-state index contributed by atoms with van der Waals surface area (Å²) in [5.74, 6) is -0.843. The number of carbonyl (C=O) groups excluding carboxylic acids is 2. The maximum Gasteiger partial charge on any atom is 0.338 e. The Morgan fingerprint density at radius 2 is 1.88 bits per heavy atom. The molecular formula is C18H18FNO4. The summed E-state index contributed by atoms with van der Waals surface area (Å²) in [6.07, 6.45) is -0.799. The standard InChI is InChI=1S/C18H18FNO4/c1-3-23-18(22)13-5-4-6-16(11-13)24-12(2)17(21)20-15-9-7-14(19)8-10-15/h4-12H,3H2,1-2H3,(H,20,21). The number of benzene rings is 2. The molecule has 1 atom stereocenters. The number of nitrogens with one attached hydrogen (secondary N) is 1. The van der Waals surface area contributed by atoms with Crippen LogP contribution in [-0.2, 0) is 9.53 Å². The molecule has 0 heterocycles. The minimum atomic E-state index is -0.799. The highest BCUT2D eigenvalue weighted by molar-refractivity contribution is 5.94. The third kappa shape index (κ3) is 4.81. The van der Waals surface area contributed by atoms with Gasteiger partial charge >= 0.3 is 5.97 Å². The molecule has 1 N–H and O–H groups in total. The first-order valence-corrected chi connectivity index (χ1v) is 7.50. The van der Waals surface area contributed by atoms with E-state index in [0.717, 1.165) is 0 Å². The molecule has 24 heavy (non-hydrogen) atoms. The predicted octanol–water partition coefficient (Wildman–Crippen LogP) is 3.41. The van der Waals surface area contributed by atoms with Gasteiger partial charge in [-0.15, -0.1) is 0 Å². The molecule has 0 aliphatic heterocycles. The second kappa shape index (κ2) is 8.10. The summed E-state index contributed by atoms with van der Waals surface area (Å²) in [6.45, 7) is 3.58. The van der Waals surface area contributed by atoms with Crippen LogP contribution in [0.1, 0.15) is 24.2 Å². The summed E-state index contributed by atoms with van der Waals surface area (Å²) in [4.78, 5) is 23.8. The SMILES string of the molecule is CCOC(=O)c1cccc(OC(C)C(=O)Nc2ccc(F)cc2)c1. The summed E-state index contributed by atoms with van der Waals surface area (Å²) in [5.41, 5.74) is 0.817. The maximum atomic E-state index is 12.9. The minimum absolute atomic E-state index is 0.278. The normalized spacial score (nSPS) is 11.5. The molecule has 2 aromatic rings. The van der Waals surface area contributed by atoms with E-state index in [0.29, 0.717) is 17.0 Å². The van der Waals surface area contributed by atoms with Crippen molar-refractivity contribution in [3.8, 4) is 5.75 Å². The lowest BCUT2D eigenvalue weighted by molar-refractivity contribution is -0.122. The van der Waals surface area contributed by atoms with Gasteiger partial charge in [0.2, 0.25) is 0 Å². The molecule has 0 saturated carbocycles. The van der Waals surface area contributed by atoms with Crippen molar-refractivity contribution in [1.29, 1.82) is 0 Å². The number of amides is 1. The number of rotatable bonds is 6. The van der Waals surface area contributed by atoms with Crippen molar-refractivity contribution in [2.24, 2.45) is 0 Å². The Bertz CT molecular complexity index is 715. The van der Waals surface area contributed by atoms with Gasteiger partial charge in [-0.3, -0.25) is 4.79 Å². The van der Waals surface area contributed by atoms with E-state index in [1.54, 1.807) is 32.0 Å². The second-order valence-corrected chi connectivity index (χ2v) is 5.00. The molecule has 5 nitrogen and oxygen atoms in total. The summed E-state index contributed by atoms with van der Waals surface area (Å²) < 4.78 is 23.3. The predicted molar refractivity (Wildman–Crippen MR) is 87.5 cm³/mol. The van der Waals surface area contributed by atoms with E-state index in [9.17, 15) is 14.0 Å². The van der Waals surface area contributed by atoms with Crippen molar-refractivity contribution in [3.05, 3.63) is 59.9 Å². The molecule has 6 heteroatoms. The summed E-state index contributed by atoms with van der Waals surface area (Å²) >= 11 is 0. The Morgan fingerprint density at radius 3 is 2.54 bits per heavy atom. The van der Waals surface area contributed by atoms with Crippen LogP contribution in [0.4, 0.5) is 10.1 Å². The lowest BCUT2D eigenvalue weighted by atomic mass is 10.2. The monoisotopic (exact) mass is 331 g/mol. The molecule has 0 bridgehead atoms. The van der Waals surface area contributed by atoms with Gasteiger partial charge in [0.05, 0.1) is 12.2 Å². The van der Waals surface area contributed by atoms with E-state index in [-0.39, 0.29) is 18.3 Å². The van der Waals surface area contributed by atoms with Crippen molar-refractivity contribution in [1.82, 2.24) is 0 Å². The van der Waals surface area contributed by atoms with Gasteiger partial charge in [0.25, 0.3) is 5.91 Å². The lowest BCUT2D eigenvalue weighted by Gasteiger charge is -2.15. The quantitative estimate of drug-likeness (QED) is 0.824. The summed E-state index contributed by atoms with van der Waals surface area (Å²) in [7, 11) is 0. The first-order chi connectivity index (χ1) is 11.5. The first-order valence-electron chi connectivity index (χ1n) is 7.50. The molecule has 0 aromatic heterocycles. The van der Waals surface area contributed by atoms with Crippen LogP contribution in [0, 0.1) is 5.82 Å². The zero-order chi connectivity index (χ0) is 17.5. The Morgan fingerprint density at radius 1 is 1.17 bits per heavy atom. The van der Waals surface area contributed by atoms with Crippen LogP contribution in [0.5, 0.6) is 5.75 Å². The van der Waals surface area contributed by atoms with Crippen LogP contribution in [0.15, 0.2) is 48.5 Å². The fraction of sp³-hybridized carbons (Fsp3) is 0.222. The summed E-state index contributed by atoms with van der Waals surface area (Å²) in [6, 6.07) is 11.8. The van der Waals surface area contributed by atoms with E-state index < -0.39 is 12.1 Å². The molecule has 0 radical (unpaired) electrons. The average molecular weight is 331 g/mol. The fourth-order valence-electron chi connectivity index (χ4n) is 1.95. The highest BCUT2D eigenvalue weighted by atomic mass is 19.1. The number of ether oxygens (including phenoxy) is 2. The minimum Gasteiger partial charge on any atom is -0.481 e. The number of esters is 1. The van der Waals surface area contributed by atoms with Crippen molar-refractivity contribution < 1.29 is 23.5 Å². The second-order valence-electron chi connectivity index (χ2n) is 5.00. The van der Waals surface area contributed by atoms with Crippen molar-refractivity contribution in [2.45, 2.75) is 20.0 Å². The van der Waals surface area contributed by atoms with Gasteiger partial charge < -0.3 is 14.8 Å². The number of halogens is 1. The Balaban J connectivity index is 1.99. The van der Waals surface area contributed by atoms with Crippen LogP contribution < -0.4 is 10.1 Å². The number of carbonyl (C=O) groups is 2. The smallest absolute Gasteiger partial charge is 0.338 e. The summed E-state index contributed by atoms with van der Waals surface area (Å²) in [5, 5.41) is 2.62. The molecule has 2 aromatic carbocycles. The van der Waals surface area contributed by atoms with Gasteiger partial charge in [0, 0.05) is 5.69 Å². The van der Waals surface area contributed by atoms with E-state index in [4.69, 9.17) is 9.47 Å². The third-order valence-corrected chi connectivity index (χ3v) is 3.14. The fourth-order valence-corrected chi connectivity index (χ4v) is 1.95. The van der Waals surface area contributed by atoms with Gasteiger partial charge in [0.15, 0.2) is 6.10 Å². The van der Waals surface area contributed by atoms with Crippen LogP contribution in [0.3, 0.4) is 0 Å². The molecule has 0 aliphatic carbocycles. The topological polar surface area (TPSA) is 64.6 Å². The zero-order valence-corrected chi connectivity index (χ0v) is 13.4. The van der Waals surface area contributed by atoms with E-state index in [1.165, 1.54) is 30.3 Å². The van der Waals surface area contributed by atoms with Crippen molar-refractivity contribution in [3.63, 3.8) is 0 Å². The number of anilines is 1. The molecular weight excluding hydrogens is 313 g/mol. The Kier molecular flexibility index (Phi) is 5.89. The molecule has 0 spiro atoms. The molecule has 0 saturated heterocycles. The zero-order valence-electron chi connectivity index (χ0n) is 13.4. The molecule has 1 unspecified atom stereocenters. The third-order valence-electron chi connectivity index (χ3n) is 3.14.